The molecule has 0 aliphatic rings. The molecule has 1 aromatic carbocycles. The molecule has 4 heteroatoms. The van der Waals surface area contributed by atoms with Gasteiger partial charge in [0, 0.05) is 18.1 Å². The maximum atomic E-state index is 5.82. The van der Waals surface area contributed by atoms with Gasteiger partial charge in [0.2, 0.25) is 0 Å². The number of nitrogens with two attached hydrogens (primary N) is 1. The summed E-state index contributed by atoms with van der Waals surface area (Å²) in [6.07, 6.45) is 1.78. The molecule has 0 aliphatic carbocycles. The molecular weight excluding hydrogens is 292 g/mol. The lowest BCUT2D eigenvalue weighted by Crippen LogP contribution is -1.96. The van der Waals surface area contributed by atoms with Crippen molar-refractivity contribution in [2.75, 3.05) is 0 Å². The van der Waals surface area contributed by atoms with Gasteiger partial charge in [0.1, 0.15) is 11.3 Å². The first-order chi connectivity index (χ1) is 8.78. The fraction of sp³-hybridized carbons (Fsp3) is 0.0714. The van der Waals surface area contributed by atoms with Crippen LogP contribution in [0.3, 0.4) is 0 Å². The summed E-state index contributed by atoms with van der Waals surface area (Å²) in [6, 6.07) is 11.8. The molecule has 0 atom stereocenters. The third-order valence-electron chi connectivity index (χ3n) is 2.81. The van der Waals surface area contributed by atoms with Crippen LogP contribution < -0.4 is 5.73 Å². The molecule has 3 nitrogen and oxygen atoms in total. The summed E-state index contributed by atoms with van der Waals surface area (Å²) >= 11 is 3.47. The van der Waals surface area contributed by atoms with E-state index in [0.29, 0.717) is 6.54 Å². The summed E-state index contributed by atoms with van der Waals surface area (Å²) in [5.41, 5.74) is 8.22. The monoisotopic (exact) mass is 302 g/mol. The molecule has 0 radical (unpaired) electrons. The van der Waals surface area contributed by atoms with Crippen LogP contribution in [-0.2, 0) is 6.54 Å². The minimum Gasteiger partial charge on any atom is -0.453 e. The number of hydrogen-bond donors (Lipinski definition) is 1. The van der Waals surface area contributed by atoms with Gasteiger partial charge in [0.05, 0.1) is 4.47 Å². The van der Waals surface area contributed by atoms with Crippen molar-refractivity contribution in [3.8, 4) is 11.5 Å². The number of halogens is 1. The average Bonchev–Trinajstić information content (AvgIpc) is 2.84. The minimum absolute atomic E-state index is 0.499. The number of para-hydroxylation sites is 1. The first kappa shape index (κ1) is 11.4. The normalized spacial score (nSPS) is 11.0. The van der Waals surface area contributed by atoms with Crippen LogP contribution in [0.25, 0.3) is 22.4 Å². The van der Waals surface area contributed by atoms with Gasteiger partial charge in [0.15, 0.2) is 5.76 Å². The number of aromatic nitrogens is 1. The Morgan fingerprint density at radius 2 is 2.11 bits per heavy atom. The molecule has 2 N–H and O–H groups in total. The Morgan fingerprint density at radius 1 is 1.22 bits per heavy atom. The zero-order valence-electron chi connectivity index (χ0n) is 9.56. The quantitative estimate of drug-likeness (QED) is 0.785. The summed E-state index contributed by atoms with van der Waals surface area (Å²) in [5.74, 6) is 0.764. The number of rotatable bonds is 2. The lowest BCUT2D eigenvalue weighted by atomic mass is 10.2. The van der Waals surface area contributed by atoms with Gasteiger partial charge >= 0.3 is 0 Å². The zero-order chi connectivity index (χ0) is 12.5. The van der Waals surface area contributed by atoms with Crippen LogP contribution in [0.5, 0.6) is 0 Å². The summed E-state index contributed by atoms with van der Waals surface area (Å²) in [6.45, 7) is 0.499. The molecule has 0 spiro atoms. The van der Waals surface area contributed by atoms with E-state index in [4.69, 9.17) is 10.2 Å². The highest BCUT2D eigenvalue weighted by Crippen LogP contribution is 2.31. The van der Waals surface area contributed by atoms with Crippen molar-refractivity contribution in [3.05, 3.63) is 52.6 Å². The highest BCUT2D eigenvalue weighted by molar-refractivity contribution is 9.10. The Kier molecular flexibility index (Phi) is 2.89. The van der Waals surface area contributed by atoms with Gasteiger partial charge in [-0.2, -0.15) is 0 Å². The SMILES string of the molecule is NCc1ccc(-c2cc3cccc(Br)c3o2)nc1. The maximum absolute atomic E-state index is 5.82. The van der Waals surface area contributed by atoms with Gasteiger partial charge in [0.25, 0.3) is 0 Å². The van der Waals surface area contributed by atoms with Crippen molar-refractivity contribution in [3.63, 3.8) is 0 Å². The molecule has 90 valence electrons. The van der Waals surface area contributed by atoms with Gasteiger partial charge in [-0.15, -0.1) is 0 Å². The molecule has 0 saturated carbocycles. The van der Waals surface area contributed by atoms with E-state index in [9.17, 15) is 0 Å². The maximum Gasteiger partial charge on any atom is 0.153 e. The molecule has 0 fully saturated rings. The van der Waals surface area contributed by atoms with Crippen molar-refractivity contribution in [1.82, 2.24) is 4.98 Å². The fourth-order valence-corrected chi connectivity index (χ4v) is 2.31. The number of pyridine rings is 1. The lowest BCUT2D eigenvalue weighted by Gasteiger charge is -1.98. The van der Waals surface area contributed by atoms with Crippen LogP contribution in [0.2, 0.25) is 0 Å². The molecule has 0 amide bonds. The number of benzene rings is 1. The van der Waals surface area contributed by atoms with Crippen LogP contribution >= 0.6 is 15.9 Å². The Hall–Kier alpha value is -1.65. The third kappa shape index (κ3) is 1.94. The zero-order valence-corrected chi connectivity index (χ0v) is 11.1. The van der Waals surface area contributed by atoms with E-state index in [2.05, 4.69) is 20.9 Å². The molecule has 2 aromatic heterocycles. The standard InChI is InChI=1S/C14H11BrN2O/c15-11-3-1-2-10-6-13(18-14(10)11)12-5-4-9(7-16)8-17-12/h1-6,8H,7,16H2. The smallest absolute Gasteiger partial charge is 0.153 e. The van der Waals surface area contributed by atoms with Crippen LogP contribution in [0.15, 0.2) is 51.5 Å². The van der Waals surface area contributed by atoms with E-state index in [1.165, 1.54) is 0 Å². The van der Waals surface area contributed by atoms with Gasteiger partial charge in [-0.25, -0.2) is 0 Å². The molecule has 0 unspecified atom stereocenters. The van der Waals surface area contributed by atoms with Crippen molar-refractivity contribution in [1.29, 1.82) is 0 Å². The van der Waals surface area contributed by atoms with Crippen LogP contribution in [-0.4, -0.2) is 4.98 Å². The van der Waals surface area contributed by atoms with Gasteiger partial charge in [-0.05, 0) is 39.7 Å². The topological polar surface area (TPSA) is 52.0 Å². The van der Waals surface area contributed by atoms with Crippen molar-refractivity contribution >= 4 is 26.9 Å². The Morgan fingerprint density at radius 3 is 2.78 bits per heavy atom. The minimum atomic E-state index is 0.499. The van der Waals surface area contributed by atoms with Gasteiger partial charge in [-0.1, -0.05) is 18.2 Å². The highest BCUT2D eigenvalue weighted by atomic mass is 79.9. The summed E-state index contributed by atoms with van der Waals surface area (Å²) < 4.78 is 6.77. The number of furan rings is 1. The number of hydrogen-bond acceptors (Lipinski definition) is 3. The van der Waals surface area contributed by atoms with Crippen LogP contribution in [0.1, 0.15) is 5.56 Å². The van der Waals surface area contributed by atoms with Crippen LogP contribution in [0.4, 0.5) is 0 Å². The summed E-state index contributed by atoms with van der Waals surface area (Å²) in [7, 11) is 0. The van der Waals surface area contributed by atoms with Crippen LogP contribution in [0, 0.1) is 0 Å². The first-order valence-electron chi connectivity index (χ1n) is 5.61. The Bertz CT molecular complexity index is 689. The van der Waals surface area contributed by atoms with E-state index >= 15 is 0 Å². The Labute approximate surface area is 113 Å². The average molecular weight is 303 g/mol. The predicted molar refractivity (Wildman–Crippen MR) is 75.0 cm³/mol. The van der Waals surface area contributed by atoms with E-state index in [0.717, 1.165) is 32.5 Å². The second-order valence-corrected chi connectivity index (χ2v) is 4.88. The van der Waals surface area contributed by atoms with E-state index in [-0.39, 0.29) is 0 Å². The largest absolute Gasteiger partial charge is 0.453 e. The lowest BCUT2D eigenvalue weighted by molar-refractivity contribution is 0.626. The molecule has 0 aliphatic heterocycles. The van der Waals surface area contributed by atoms with E-state index in [1.807, 2.05) is 36.4 Å². The summed E-state index contributed by atoms with van der Waals surface area (Å²) in [4.78, 5) is 4.36. The first-order valence-corrected chi connectivity index (χ1v) is 6.40. The predicted octanol–water partition coefficient (Wildman–Crippen LogP) is 3.72. The number of nitrogens with zero attached hydrogens (tertiary/aromatic N) is 1. The molecular formula is C14H11BrN2O. The second-order valence-electron chi connectivity index (χ2n) is 4.02. The molecule has 0 bridgehead atoms. The number of fused-ring (bicyclic) bond motifs is 1. The second kappa shape index (κ2) is 4.55. The molecule has 0 saturated heterocycles. The van der Waals surface area contributed by atoms with Gasteiger partial charge < -0.3 is 10.2 Å². The molecule has 2 heterocycles. The van der Waals surface area contributed by atoms with Gasteiger partial charge in [-0.3, -0.25) is 4.98 Å². The van der Waals surface area contributed by atoms with E-state index < -0.39 is 0 Å². The summed E-state index contributed by atoms with van der Waals surface area (Å²) in [5, 5.41) is 1.06. The van der Waals surface area contributed by atoms with Crippen molar-refractivity contribution < 1.29 is 4.42 Å². The van der Waals surface area contributed by atoms with Crippen molar-refractivity contribution in [2.24, 2.45) is 5.73 Å². The molecule has 3 rings (SSSR count). The van der Waals surface area contributed by atoms with Crippen molar-refractivity contribution in [2.45, 2.75) is 6.54 Å². The molecule has 3 aromatic rings. The molecule has 18 heavy (non-hydrogen) atoms. The fourth-order valence-electron chi connectivity index (χ4n) is 1.84. The van der Waals surface area contributed by atoms with E-state index in [1.54, 1.807) is 6.20 Å². The Balaban J connectivity index is 2.10. The third-order valence-corrected chi connectivity index (χ3v) is 3.43. The highest BCUT2D eigenvalue weighted by Gasteiger charge is 2.09.